The van der Waals surface area contributed by atoms with Gasteiger partial charge in [0.25, 0.3) is 0 Å². The van der Waals surface area contributed by atoms with Crippen molar-refractivity contribution in [3.63, 3.8) is 0 Å². The summed E-state index contributed by atoms with van der Waals surface area (Å²) in [7, 11) is 1.66. The predicted molar refractivity (Wildman–Crippen MR) is 88.2 cm³/mol. The van der Waals surface area contributed by atoms with Crippen LogP contribution in [0.4, 0.5) is 4.79 Å². The van der Waals surface area contributed by atoms with Gasteiger partial charge in [0.1, 0.15) is 18.8 Å². The fourth-order valence-electron chi connectivity index (χ4n) is 2.16. The molecule has 1 aromatic rings. The Labute approximate surface area is 141 Å². The molecule has 0 spiro atoms. The van der Waals surface area contributed by atoms with Gasteiger partial charge in [0.2, 0.25) is 5.91 Å². The van der Waals surface area contributed by atoms with Gasteiger partial charge in [0.05, 0.1) is 6.54 Å². The number of hydrogen-bond acceptors (Lipinski definition) is 5. The summed E-state index contributed by atoms with van der Waals surface area (Å²) in [5.74, 6) is 1.14. The molecule has 2 rings (SSSR count). The summed E-state index contributed by atoms with van der Waals surface area (Å²) in [6.07, 6.45) is -0.870. The largest absolute Gasteiger partial charge is 0.486 e. The Morgan fingerprint density at radius 3 is 2.62 bits per heavy atom. The lowest BCUT2D eigenvalue weighted by molar-refractivity contribution is -0.130. The average molecular weight is 336 g/mol. The van der Waals surface area contributed by atoms with Crippen LogP contribution in [0.1, 0.15) is 20.8 Å². The van der Waals surface area contributed by atoms with E-state index in [1.807, 2.05) is 24.3 Å². The predicted octanol–water partition coefficient (Wildman–Crippen LogP) is 1.81. The van der Waals surface area contributed by atoms with Crippen LogP contribution in [0, 0.1) is 0 Å². The molecule has 1 atom stereocenters. The van der Waals surface area contributed by atoms with E-state index in [1.165, 1.54) is 4.90 Å². The lowest BCUT2D eigenvalue weighted by Crippen LogP contribution is -2.45. The first-order chi connectivity index (χ1) is 11.2. The molecule has 132 valence electrons. The molecule has 1 heterocycles. The van der Waals surface area contributed by atoms with Crippen molar-refractivity contribution in [2.45, 2.75) is 32.5 Å². The Kier molecular flexibility index (Phi) is 5.54. The van der Waals surface area contributed by atoms with Crippen molar-refractivity contribution in [2.75, 3.05) is 26.7 Å². The summed E-state index contributed by atoms with van der Waals surface area (Å²) >= 11 is 0. The monoisotopic (exact) mass is 336 g/mol. The van der Waals surface area contributed by atoms with Gasteiger partial charge < -0.3 is 24.4 Å². The van der Waals surface area contributed by atoms with E-state index in [-0.39, 0.29) is 18.6 Å². The van der Waals surface area contributed by atoms with Crippen molar-refractivity contribution in [1.29, 1.82) is 0 Å². The van der Waals surface area contributed by atoms with Gasteiger partial charge in [0.15, 0.2) is 17.6 Å². The van der Waals surface area contributed by atoms with Crippen LogP contribution < -0.4 is 14.8 Å². The number of likely N-dealkylation sites (N-methyl/N-ethyl adjacent to an activating group) is 1. The minimum Gasteiger partial charge on any atom is -0.486 e. The van der Waals surface area contributed by atoms with Crippen LogP contribution in [0.5, 0.6) is 11.5 Å². The summed E-state index contributed by atoms with van der Waals surface area (Å²) in [6, 6.07) is 7.41. The molecule has 0 fully saturated rings. The minimum atomic E-state index is -0.615. The first-order valence-corrected chi connectivity index (χ1v) is 7.84. The van der Waals surface area contributed by atoms with E-state index in [4.69, 9.17) is 14.2 Å². The van der Waals surface area contributed by atoms with E-state index in [0.717, 1.165) is 0 Å². The van der Waals surface area contributed by atoms with Crippen LogP contribution >= 0.6 is 0 Å². The molecule has 1 aromatic carbocycles. The zero-order chi connectivity index (χ0) is 17.7. The molecule has 1 unspecified atom stereocenters. The lowest BCUT2D eigenvalue weighted by Gasteiger charge is -2.29. The highest BCUT2D eigenvalue weighted by Crippen LogP contribution is 2.30. The number of para-hydroxylation sites is 2. The second kappa shape index (κ2) is 7.42. The van der Waals surface area contributed by atoms with Crippen molar-refractivity contribution < 1.29 is 23.8 Å². The van der Waals surface area contributed by atoms with Crippen molar-refractivity contribution in [3.8, 4) is 11.5 Å². The molecule has 0 radical (unpaired) electrons. The number of alkyl carbamates (subject to hydrolysis) is 1. The van der Waals surface area contributed by atoms with Gasteiger partial charge in [-0.15, -0.1) is 0 Å². The molecule has 7 heteroatoms. The molecule has 0 aromatic heterocycles. The normalized spacial score (nSPS) is 16.2. The van der Waals surface area contributed by atoms with E-state index in [0.29, 0.717) is 24.7 Å². The van der Waals surface area contributed by atoms with Crippen LogP contribution in [0.2, 0.25) is 0 Å². The molecular formula is C17H24N2O5. The van der Waals surface area contributed by atoms with Crippen molar-refractivity contribution in [1.82, 2.24) is 10.2 Å². The third-order valence-electron chi connectivity index (χ3n) is 3.25. The van der Waals surface area contributed by atoms with E-state index in [2.05, 4.69) is 5.32 Å². The van der Waals surface area contributed by atoms with Crippen LogP contribution in [-0.2, 0) is 9.53 Å². The summed E-state index contributed by atoms with van der Waals surface area (Å²) in [5.41, 5.74) is -0.598. The van der Waals surface area contributed by atoms with Crippen molar-refractivity contribution in [3.05, 3.63) is 24.3 Å². The standard InChI is InChI=1S/C17H24N2O5/c1-17(2,3)24-16(21)18-9-15(20)19(4)10-12-11-22-13-7-5-6-8-14(13)23-12/h5-8,12H,9-11H2,1-4H3,(H,18,21). The van der Waals surface area contributed by atoms with Crippen LogP contribution in [0.25, 0.3) is 0 Å². The van der Waals surface area contributed by atoms with Crippen molar-refractivity contribution >= 4 is 12.0 Å². The molecule has 1 aliphatic heterocycles. The SMILES string of the molecule is CN(CC1COc2ccccc2O1)C(=O)CNC(=O)OC(C)(C)C. The molecule has 7 nitrogen and oxygen atoms in total. The number of fused-ring (bicyclic) bond motifs is 1. The fraction of sp³-hybridized carbons (Fsp3) is 0.529. The molecule has 0 bridgehead atoms. The number of nitrogens with zero attached hydrogens (tertiary/aromatic N) is 1. The number of carbonyl (C=O) groups is 2. The summed E-state index contributed by atoms with van der Waals surface area (Å²) in [5, 5.41) is 2.45. The minimum absolute atomic E-state index is 0.129. The van der Waals surface area contributed by atoms with Crippen LogP contribution in [0.15, 0.2) is 24.3 Å². The number of benzene rings is 1. The summed E-state index contributed by atoms with van der Waals surface area (Å²) < 4.78 is 16.5. The highest BCUT2D eigenvalue weighted by atomic mass is 16.6. The number of rotatable bonds is 4. The molecule has 1 N–H and O–H groups in total. The number of hydrogen-bond donors (Lipinski definition) is 1. The first kappa shape index (κ1) is 17.9. The molecule has 0 aliphatic carbocycles. The summed E-state index contributed by atoms with van der Waals surface area (Å²) in [6.45, 7) is 5.89. The van der Waals surface area contributed by atoms with Crippen molar-refractivity contribution in [2.24, 2.45) is 0 Å². The maximum Gasteiger partial charge on any atom is 0.408 e. The Morgan fingerprint density at radius 2 is 1.96 bits per heavy atom. The Hall–Kier alpha value is -2.44. The smallest absolute Gasteiger partial charge is 0.408 e. The third-order valence-corrected chi connectivity index (χ3v) is 3.25. The van der Waals surface area contributed by atoms with Gasteiger partial charge in [0, 0.05) is 7.05 Å². The molecule has 1 aliphatic rings. The van der Waals surface area contributed by atoms with Gasteiger partial charge in [-0.05, 0) is 32.9 Å². The maximum absolute atomic E-state index is 12.1. The Balaban J connectivity index is 1.77. The second-order valence-corrected chi connectivity index (χ2v) is 6.63. The molecule has 0 saturated heterocycles. The number of nitrogens with one attached hydrogen (secondary N) is 1. The number of carbonyl (C=O) groups excluding carboxylic acids is 2. The molecule has 0 saturated carbocycles. The van der Waals surface area contributed by atoms with E-state index < -0.39 is 11.7 Å². The zero-order valence-electron chi connectivity index (χ0n) is 14.5. The zero-order valence-corrected chi connectivity index (χ0v) is 14.5. The van der Waals surface area contributed by atoms with E-state index >= 15 is 0 Å². The topological polar surface area (TPSA) is 77.1 Å². The lowest BCUT2D eigenvalue weighted by atomic mass is 10.2. The van der Waals surface area contributed by atoms with E-state index in [9.17, 15) is 9.59 Å². The number of ether oxygens (including phenoxy) is 3. The Bertz CT molecular complexity index is 597. The Morgan fingerprint density at radius 1 is 1.29 bits per heavy atom. The van der Waals surface area contributed by atoms with Crippen LogP contribution in [0.3, 0.4) is 0 Å². The average Bonchev–Trinajstić information content (AvgIpc) is 2.50. The van der Waals surface area contributed by atoms with Crippen LogP contribution in [-0.4, -0.2) is 55.3 Å². The molecule has 2 amide bonds. The fourth-order valence-corrected chi connectivity index (χ4v) is 2.16. The first-order valence-electron chi connectivity index (χ1n) is 7.84. The second-order valence-electron chi connectivity index (χ2n) is 6.63. The quantitative estimate of drug-likeness (QED) is 0.907. The number of amides is 2. The highest BCUT2D eigenvalue weighted by molar-refractivity contribution is 5.82. The maximum atomic E-state index is 12.1. The van der Waals surface area contributed by atoms with Gasteiger partial charge in [-0.1, -0.05) is 12.1 Å². The summed E-state index contributed by atoms with van der Waals surface area (Å²) in [4.78, 5) is 25.2. The van der Waals surface area contributed by atoms with Gasteiger partial charge >= 0.3 is 6.09 Å². The third kappa shape index (κ3) is 5.33. The van der Waals surface area contributed by atoms with Gasteiger partial charge in [-0.3, -0.25) is 4.79 Å². The molecule has 24 heavy (non-hydrogen) atoms. The highest BCUT2D eigenvalue weighted by Gasteiger charge is 2.24. The molecular weight excluding hydrogens is 312 g/mol. The van der Waals surface area contributed by atoms with Gasteiger partial charge in [-0.2, -0.15) is 0 Å². The van der Waals surface area contributed by atoms with Gasteiger partial charge in [-0.25, -0.2) is 4.79 Å². The van der Waals surface area contributed by atoms with E-state index in [1.54, 1.807) is 27.8 Å².